The second-order valence-electron chi connectivity index (χ2n) is 10.6. The van der Waals surface area contributed by atoms with E-state index >= 15 is 0 Å². The van der Waals surface area contributed by atoms with E-state index in [0.717, 1.165) is 31.2 Å². The minimum Gasteiger partial charge on any atom is -0.417 e. The average Bonchev–Trinajstić information content (AvgIpc) is 3.57. The Labute approximate surface area is 297 Å². The number of halogens is 14. The molecule has 0 saturated carbocycles. The van der Waals surface area contributed by atoms with Crippen LogP contribution in [0.5, 0.6) is 11.8 Å². The molecular weight excluding hydrogens is 794 g/mol. The molecule has 12 nitrogen and oxygen atoms in total. The zero-order valence-electron chi connectivity index (χ0n) is 27.7. The van der Waals surface area contributed by atoms with Crippen LogP contribution in [-0.4, -0.2) is 49.5 Å². The van der Waals surface area contributed by atoms with Crippen molar-refractivity contribution in [3.63, 3.8) is 0 Å². The van der Waals surface area contributed by atoms with E-state index in [1.54, 1.807) is 5.10 Å². The first kappa shape index (κ1) is 45.4. The van der Waals surface area contributed by atoms with Crippen molar-refractivity contribution in [1.29, 1.82) is 0 Å². The first-order valence-electron chi connectivity index (χ1n) is 14.5. The van der Waals surface area contributed by atoms with Crippen molar-refractivity contribution in [2.75, 3.05) is 0 Å². The van der Waals surface area contributed by atoms with E-state index in [0.29, 0.717) is 0 Å². The summed E-state index contributed by atoms with van der Waals surface area (Å²) in [5.41, 5.74) is -4.68. The molecule has 0 aliphatic heterocycles. The van der Waals surface area contributed by atoms with Gasteiger partial charge in [-0.2, -0.15) is 62.5 Å². The maximum Gasteiger partial charge on any atom is 0.435 e. The number of H-pyrrole nitrogens is 1. The van der Waals surface area contributed by atoms with Crippen LogP contribution in [0.15, 0.2) is 36.4 Å². The molecule has 0 aliphatic carbocycles. The van der Waals surface area contributed by atoms with Crippen molar-refractivity contribution in [3.8, 4) is 11.8 Å². The number of rotatable bonds is 11. The molecule has 4 rings (SSSR count). The van der Waals surface area contributed by atoms with Gasteiger partial charge in [-0.3, -0.25) is 25.3 Å². The maximum atomic E-state index is 13.1. The van der Waals surface area contributed by atoms with Crippen molar-refractivity contribution in [1.82, 2.24) is 20.0 Å². The minimum atomic E-state index is -5.22. The highest BCUT2D eigenvalue weighted by molar-refractivity contribution is 5.46. The lowest BCUT2D eigenvalue weighted by atomic mass is 10.0. The van der Waals surface area contributed by atoms with Crippen molar-refractivity contribution >= 4 is 11.4 Å². The number of alkyl halides is 14. The third kappa shape index (κ3) is 13.0. The molecule has 0 spiro atoms. The standard InChI is InChI=1S/C14H10F7N3O3.C13H10F5N3O3.C2H4F2/c1-6-4-7(2-3-9(6)24(25)26)5-8-10(14(19,20)21)22-23(12(15)16)11(8)27-13(17)18;1-6-4-7(2-3-9(6)21(22)23)5-8-10(13(16,17)18)19-20-11(8)24-12(14)15;1-2(3)4/h2-4,12-13H,5H2,1H3;2-4,12H,5H2,1H3,(H,19,20);2H,1H3. The summed E-state index contributed by atoms with van der Waals surface area (Å²) in [6.45, 7) is -7.11. The normalized spacial score (nSPS) is 11.7. The molecule has 2 aromatic heterocycles. The van der Waals surface area contributed by atoms with Gasteiger partial charge in [0, 0.05) is 36.1 Å². The fourth-order valence-electron chi connectivity index (χ4n) is 4.58. The topological polar surface area (TPSA) is 151 Å². The van der Waals surface area contributed by atoms with Gasteiger partial charge in [-0.05, 0) is 44.0 Å². The van der Waals surface area contributed by atoms with Crippen LogP contribution in [0.4, 0.5) is 72.8 Å². The van der Waals surface area contributed by atoms with Gasteiger partial charge in [0.15, 0.2) is 5.69 Å². The van der Waals surface area contributed by atoms with Gasteiger partial charge in [-0.15, -0.1) is 5.10 Å². The number of benzene rings is 2. The summed E-state index contributed by atoms with van der Waals surface area (Å²) < 4.78 is 182. The quantitative estimate of drug-likeness (QED) is 0.0893. The van der Waals surface area contributed by atoms with Crippen molar-refractivity contribution < 1.29 is 80.8 Å². The summed E-state index contributed by atoms with van der Waals surface area (Å²) in [6, 6.07) is 6.90. The predicted molar refractivity (Wildman–Crippen MR) is 158 cm³/mol. The van der Waals surface area contributed by atoms with Crippen LogP contribution in [0.1, 0.15) is 58.2 Å². The first-order chi connectivity index (χ1) is 25.2. The van der Waals surface area contributed by atoms with Crippen LogP contribution >= 0.6 is 0 Å². The van der Waals surface area contributed by atoms with Gasteiger partial charge < -0.3 is 9.47 Å². The number of hydrogen-bond acceptors (Lipinski definition) is 8. The highest BCUT2D eigenvalue weighted by Crippen LogP contribution is 2.40. The highest BCUT2D eigenvalue weighted by Gasteiger charge is 2.42. The molecule has 2 heterocycles. The van der Waals surface area contributed by atoms with E-state index in [-0.39, 0.29) is 33.6 Å². The lowest BCUT2D eigenvalue weighted by Crippen LogP contribution is -2.11. The summed E-state index contributed by atoms with van der Waals surface area (Å²) in [5.74, 6) is -2.29. The molecule has 0 bridgehead atoms. The van der Waals surface area contributed by atoms with Gasteiger partial charge in [-0.25, -0.2) is 8.78 Å². The minimum absolute atomic E-state index is 0.0246. The SMILES string of the molecule is CC(F)F.Cc1cc(Cc2c(C(F)(F)F)nn(C(F)F)c2OC(F)F)ccc1[N+](=O)[O-].Cc1cc(Cc2c(OC(F)F)n[nH]c2C(F)(F)F)ccc1[N+](=O)[O-]. The number of nitro groups is 2. The largest absolute Gasteiger partial charge is 0.435 e. The second kappa shape index (κ2) is 18.5. The molecule has 0 atom stereocenters. The van der Waals surface area contributed by atoms with Crippen LogP contribution in [-0.2, 0) is 25.2 Å². The van der Waals surface area contributed by atoms with Gasteiger partial charge in [0.1, 0.15) is 5.69 Å². The van der Waals surface area contributed by atoms with Crippen molar-refractivity contribution in [3.05, 3.63) is 101 Å². The average molecular weight is 819 g/mol. The van der Waals surface area contributed by atoms with Crippen molar-refractivity contribution in [2.45, 2.75) is 72.2 Å². The zero-order valence-corrected chi connectivity index (χ0v) is 27.7. The van der Waals surface area contributed by atoms with Gasteiger partial charge in [-0.1, -0.05) is 12.1 Å². The molecular formula is C29H24F14N6O6. The number of aromatic nitrogens is 4. The molecule has 26 heteroatoms. The van der Waals surface area contributed by atoms with E-state index in [4.69, 9.17) is 0 Å². The third-order valence-electron chi connectivity index (χ3n) is 6.60. The van der Waals surface area contributed by atoms with E-state index in [1.807, 2.05) is 0 Å². The molecule has 1 N–H and O–H groups in total. The number of nitrogens with one attached hydrogen (secondary N) is 1. The molecule has 0 fully saturated rings. The summed E-state index contributed by atoms with van der Waals surface area (Å²) in [4.78, 5) is 20.2. The zero-order chi connectivity index (χ0) is 42.2. The van der Waals surface area contributed by atoms with E-state index in [1.165, 1.54) is 26.0 Å². The van der Waals surface area contributed by atoms with Gasteiger partial charge >= 0.3 is 32.1 Å². The predicted octanol–water partition coefficient (Wildman–Crippen LogP) is 9.81. The lowest BCUT2D eigenvalue weighted by molar-refractivity contribution is -0.385. The lowest BCUT2D eigenvalue weighted by Gasteiger charge is -2.11. The van der Waals surface area contributed by atoms with E-state index in [9.17, 15) is 81.7 Å². The summed E-state index contributed by atoms with van der Waals surface area (Å²) in [6.07, 6.45) is -13.4. The molecule has 0 saturated heterocycles. The van der Waals surface area contributed by atoms with Crippen LogP contribution in [0.25, 0.3) is 0 Å². The fourth-order valence-corrected chi connectivity index (χ4v) is 4.58. The third-order valence-corrected chi connectivity index (χ3v) is 6.60. The molecule has 304 valence electrons. The Kier molecular flexibility index (Phi) is 15.3. The Hall–Kier alpha value is -5.72. The van der Waals surface area contributed by atoms with Gasteiger partial charge in [0.2, 0.25) is 18.2 Å². The molecule has 0 unspecified atom stereocenters. The fraction of sp³-hybridized carbons (Fsp3) is 0.379. The van der Waals surface area contributed by atoms with Crippen LogP contribution < -0.4 is 9.47 Å². The summed E-state index contributed by atoms with van der Waals surface area (Å²) >= 11 is 0. The number of ether oxygens (including phenoxy) is 2. The summed E-state index contributed by atoms with van der Waals surface area (Å²) in [5, 5.41) is 29.0. The van der Waals surface area contributed by atoms with Crippen LogP contribution in [0, 0.1) is 34.1 Å². The number of aryl methyl sites for hydroxylation is 2. The van der Waals surface area contributed by atoms with Gasteiger partial charge in [0.05, 0.1) is 21.0 Å². The molecule has 55 heavy (non-hydrogen) atoms. The molecule has 4 aromatic rings. The first-order valence-corrected chi connectivity index (χ1v) is 14.5. The molecule has 0 amide bonds. The maximum absolute atomic E-state index is 13.1. The van der Waals surface area contributed by atoms with E-state index < -0.39 is 100 Å². The van der Waals surface area contributed by atoms with Gasteiger partial charge in [0.25, 0.3) is 11.4 Å². The Bertz CT molecular complexity index is 1930. The second-order valence-corrected chi connectivity index (χ2v) is 10.6. The smallest absolute Gasteiger partial charge is 0.417 e. The van der Waals surface area contributed by atoms with Crippen molar-refractivity contribution in [2.24, 2.45) is 0 Å². The molecule has 0 aliphatic rings. The number of nitrogens with zero attached hydrogens (tertiary/aromatic N) is 5. The monoisotopic (exact) mass is 818 g/mol. The number of nitro benzene ring substituents is 2. The Balaban J connectivity index is 0.000000348. The Morgan fingerprint density at radius 3 is 1.53 bits per heavy atom. The van der Waals surface area contributed by atoms with Crippen LogP contribution in [0.2, 0.25) is 0 Å². The number of aromatic amines is 1. The van der Waals surface area contributed by atoms with E-state index in [2.05, 4.69) is 19.7 Å². The molecule has 0 radical (unpaired) electrons. The Morgan fingerprint density at radius 1 is 0.745 bits per heavy atom. The number of hydrogen-bond donors (Lipinski definition) is 1. The highest BCUT2D eigenvalue weighted by atomic mass is 19.4. The summed E-state index contributed by atoms with van der Waals surface area (Å²) in [7, 11) is 0. The Morgan fingerprint density at radius 2 is 1.18 bits per heavy atom. The molecule has 2 aromatic carbocycles. The van der Waals surface area contributed by atoms with Crippen LogP contribution in [0.3, 0.4) is 0 Å².